The first-order chi connectivity index (χ1) is 12.2. The van der Waals surface area contributed by atoms with Crippen molar-refractivity contribution in [3.63, 3.8) is 0 Å². The van der Waals surface area contributed by atoms with E-state index in [1.54, 1.807) is 12.3 Å². The molecule has 1 aromatic carbocycles. The number of carbonyl (C=O) groups is 1. The van der Waals surface area contributed by atoms with Crippen LogP contribution in [0, 0.1) is 11.8 Å². The third kappa shape index (κ3) is 3.82. The van der Waals surface area contributed by atoms with Crippen LogP contribution in [0.2, 0.25) is 0 Å². The van der Waals surface area contributed by atoms with Gasteiger partial charge in [0, 0.05) is 44.4 Å². The number of aromatic nitrogens is 1. The molecule has 5 nitrogen and oxygen atoms in total. The van der Waals surface area contributed by atoms with Gasteiger partial charge in [-0.25, -0.2) is 0 Å². The highest BCUT2D eigenvalue weighted by molar-refractivity contribution is 5.77. The molecule has 2 fully saturated rings. The molecule has 4 rings (SSSR count). The van der Waals surface area contributed by atoms with E-state index in [2.05, 4.69) is 39.5 Å². The number of aryl methyl sites for hydroxylation is 1. The lowest BCUT2D eigenvalue weighted by atomic mass is 10.1. The number of hydrogen-bond donors (Lipinski definition) is 2. The van der Waals surface area contributed by atoms with Crippen LogP contribution in [0.1, 0.15) is 17.5 Å². The number of nitrogens with one attached hydrogen (secondary N) is 2. The molecule has 2 heterocycles. The normalized spacial score (nSPS) is 24.7. The molecule has 0 radical (unpaired) electrons. The van der Waals surface area contributed by atoms with E-state index >= 15 is 0 Å². The first kappa shape index (κ1) is 16.1. The van der Waals surface area contributed by atoms with Crippen LogP contribution < -0.4 is 10.9 Å². The number of likely N-dealkylation sites (tertiary alicyclic amines) is 1. The quantitative estimate of drug-likeness (QED) is 0.841. The fourth-order valence-corrected chi connectivity index (χ4v) is 3.91. The maximum atomic E-state index is 12.1. The lowest BCUT2D eigenvalue weighted by Crippen LogP contribution is -2.34. The van der Waals surface area contributed by atoms with Gasteiger partial charge in [-0.1, -0.05) is 36.4 Å². The predicted molar refractivity (Wildman–Crippen MR) is 96.0 cm³/mol. The van der Waals surface area contributed by atoms with Gasteiger partial charge in [-0.15, -0.1) is 0 Å². The van der Waals surface area contributed by atoms with Crippen LogP contribution in [-0.4, -0.2) is 34.9 Å². The fourth-order valence-electron chi connectivity index (χ4n) is 3.91. The van der Waals surface area contributed by atoms with Crippen LogP contribution in [0.4, 0.5) is 0 Å². The Bertz CT molecular complexity index is 770. The molecule has 0 spiro atoms. The number of pyridine rings is 1. The van der Waals surface area contributed by atoms with Crippen LogP contribution in [0.5, 0.6) is 0 Å². The van der Waals surface area contributed by atoms with E-state index in [-0.39, 0.29) is 11.5 Å². The monoisotopic (exact) mass is 337 g/mol. The number of nitrogens with zero attached hydrogens (tertiary/aromatic N) is 1. The SMILES string of the molecule is O=C(CCc1ccc(=O)[nH]c1)NC1[C@H]2CN(Cc3ccccc3)C[C@@H]12. The molecule has 2 aliphatic rings. The minimum absolute atomic E-state index is 0.111. The number of fused-ring (bicyclic) bond motifs is 1. The smallest absolute Gasteiger partial charge is 0.247 e. The third-order valence-electron chi connectivity index (χ3n) is 5.34. The number of aromatic amines is 1. The number of H-pyrrole nitrogens is 1. The molecule has 0 bridgehead atoms. The zero-order valence-corrected chi connectivity index (χ0v) is 14.2. The standard InChI is InChI=1S/C20H23N3O2/c24-18-8-6-14(10-21-18)7-9-19(25)22-20-16-12-23(13-17(16)20)11-15-4-2-1-3-5-15/h1-6,8,10,16-17,20H,7,9,11-13H2,(H,21,24)(H,22,25)/t16-,17+,20?. The number of amides is 1. The summed E-state index contributed by atoms with van der Waals surface area (Å²) in [6, 6.07) is 14.2. The molecule has 5 heteroatoms. The molecule has 2 aromatic rings. The Hall–Kier alpha value is -2.40. The predicted octanol–water partition coefficient (Wildman–Crippen LogP) is 1.55. The number of piperidine rings is 1. The maximum Gasteiger partial charge on any atom is 0.247 e. The highest BCUT2D eigenvalue weighted by Gasteiger charge is 2.56. The average molecular weight is 337 g/mol. The van der Waals surface area contributed by atoms with Crippen molar-refractivity contribution in [2.75, 3.05) is 13.1 Å². The van der Waals surface area contributed by atoms with Crippen molar-refractivity contribution in [1.82, 2.24) is 15.2 Å². The molecular weight excluding hydrogens is 314 g/mol. The second-order valence-corrected chi connectivity index (χ2v) is 7.16. The van der Waals surface area contributed by atoms with Gasteiger partial charge < -0.3 is 10.3 Å². The molecule has 1 aliphatic carbocycles. The summed E-state index contributed by atoms with van der Waals surface area (Å²) in [6.07, 6.45) is 2.81. The Kier molecular flexibility index (Phi) is 4.40. The van der Waals surface area contributed by atoms with Gasteiger partial charge >= 0.3 is 0 Å². The number of hydrogen-bond acceptors (Lipinski definition) is 3. The fraction of sp³-hybridized carbons (Fsp3) is 0.400. The van der Waals surface area contributed by atoms with E-state index in [1.807, 2.05) is 6.07 Å². The summed E-state index contributed by atoms with van der Waals surface area (Å²) >= 11 is 0. The molecule has 1 saturated heterocycles. The van der Waals surface area contributed by atoms with E-state index in [0.29, 0.717) is 30.7 Å². The van der Waals surface area contributed by atoms with Gasteiger partial charge in [0.05, 0.1) is 0 Å². The Labute approximate surface area is 147 Å². The van der Waals surface area contributed by atoms with Crippen molar-refractivity contribution in [1.29, 1.82) is 0 Å². The van der Waals surface area contributed by atoms with Gasteiger partial charge in [-0.2, -0.15) is 0 Å². The van der Waals surface area contributed by atoms with Crippen LogP contribution in [0.3, 0.4) is 0 Å². The zero-order chi connectivity index (χ0) is 17.2. The lowest BCUT2D eigenvalue weighted by Gasteiger charge is -2.19. The Morgan fingerprint density at radius 3 is 2.52 bits per heavy atom. The van der Waals surface area contributed by atoms with Gasteiger partial charge in [0.1, 0.15) is 0 Å². The molecule has 1 unspecified atom stereocenters. The summed E-state index contributed by atoms with van der Waals surface area (Å²) < 4.78 is 0. The Morgan fingerprint density at radius 1 is 1.08 bits per heavy atom. The van der Waals surface area contributed by atoms with Gasteiger partial charge in [0.2, 0.25) is 11.5 Å². The topological polar surface area (TPSA) is 65.2 Å². The molecule has 2 N–H and O–H groups in total. The number of carbonyl (C=O) groups excluding carboxylic acids is 1. The molecule has 25 heavy (non-hydrogen) atoms. The van der Waals surface area contributed by atoms with Gasteiger partial charge in [0.25, 0.3) is 0 Å². The van der Waals surface area contributed by atoms with E-state index in [1.165, 1.54) is 11.6 Å². The largest absolute Gasteiger partial charge is 0.353 e. The lowest BCUT2D eigenvalue weighted by molar-refractivity contribution is -0.121. The minimum Gasteiger partial charge on any atom is -0.353 e. The number of rotatable bonds is 6. The summed E-state index contributed by atoms with van der Waals surface area (Å²) in [5, 5.41) is 3.18. The molecule has 1 amide bonds. The van der Waals surface area contributed by atoms with Crippen molar-refractivity contribution >= 4 is 5.91 Å². The highest BCUT2D eigenvalue weighted by atomic mass is 16.1. The van der Waals surface area contributed by atoms with Crippen molar-refractivity contribution in [2.24, 2.45) is 11.8 Å². The summed E-state index contributed by atoms with van der Waals surface area (Å²) in [7, 11) is 0. The minimum atomic E-state index is -0.112. The molecule has 3 atom stereocenters. The molecule has 130 valence electrons. The summed E-state index contributed by atoms with van der Waals surface area (Å²) in [6.45, 7) is 3.15. The summed E-state index contributed by atoms with van der Waals surface area (Å²) in [5.41, 5.74) is 2.23. The van der Waals surface area contributed by atoms with Crippen LogP contribution >= 0.6 is 0 Å². The first-order valence-corrected chi connectivity index (χ1v) is 8.92. The van der Waals surface area contributed by atoms with E-state index < -0.39 is 0 Å². The maximum absolute atomic E-state index is 12.1. The van der Waals surface area contributed by atoms with Crippen LogP contribution in [0.15, 0.2) is 53.5 Å². The van der Waals surface area contributed by atoms with E-state index in [4.69, 9.17) is 0 Å². The van der Waals surface area contributed by atoms with Crippen molar-refractivity contribution in [3.05, 3.63) is 70.1 Å². The zero-order valence-electron chi connectivity index (χ0n) is 14.2. The van der Waals surface area contributed by atoms with E-state index in [0.717, 1.165) is 25.2 Å². The van der Waals surface area contributed by atoms with Gasteiger partial charge in [-0.05, 0) is 29.4 Å². The van der Waals surface area contributed by atoms with Gasteiger partial charge in [0.15, 0.2) is 0 Å². The average Bonchev–Trinajstić information content (AvgIpc) is 3.06. The molecule has 1 saturated carbocycles. The second kappa shape index (κ2) is 6.84. The highest BCUT2D eigenvalue weighted by Crippen LogP contribution is 2.45. The first-order valence-electron chi connectivity index (χ1n) is 8.92. The summed E-state index contributed by atoms with van der Waals surface area (Å²) in [4.78, 5) is 28.3. The van der Waals surface area contributed by atoms with Gasteiger partial charge in [-0.3, -0.25) is 14.5 Å². The van der Waals surface area contributed by atoms with Crippen LogP contribution in [-0.2, 0) is 17.8 Å². The molecule has 1 aliphatic heterocycles. The molecule has 1 aromatic heterocycles. The van der Waals surface area contributed by atoms with Crippen molar-refractivity contribution in [2.45, 2.75) is 25.4 Å². The Balaban J connectivity index is 1.19. The Morgan fingerprint density at radius 2 is 1.84 bits per heavy atom. The van der Waals surface area contributed by atoms with E-state index in [9.17, 15) is 9.59 Å². The molecular formula is C20H23N3O2. The second-order valence-electron chi connectivity index (χ2n) is 7.16. The van der Waals surface area contributed by atoms with Crippen LogP contribution in [0.25, 0.3) is 0 Å². The van der Waals surface area contributed by atoms with Crippen molar-refractivity contribution in [3.8, 4) is 0 Å². The van der Waals surface area contributed by atoms with Crippen molar-refractivity contribution < 1.29 is 4.79 Å². The number of benzene rings is 1. The third-order valence-corrected chi connectivity index (χ3v) is 5.34. The summed E-state index contributed by atoms with van der Waals surface area (Å²) in [5.74, 6) is 1.33.